The van der Waals surface area contributed by atoms with E-state index in [1.165, 1.54) is 60.7 Å². The minimum absolute atomic E-state index is 0.0923. The van der Waals surface area contributed by atoms with Crippen LogP contribution in [-0.4, -0.2) is 27.5 Å². The van der Waals surface area contributed by atoms with Gasteiger partial charge in [0.2, 0.25) is 0 Å². The van der Waals surface area contributed by atoms with Gasteiger partial charge in [-0.05, 0) is 44.2 Å². The van der Waals surface area contributed by atoms with Gasteiger partial charge in [0.15, 0.2) is 5.78 Å². The van der Waals surface area contributed by atoms with Crippen molar-refractivity contribution < 1.29 is 26.6 Å². The number of carbonyl (C=O) groups is 1. The molecule has 0 radical (unpaired) electrons. The van der Waals surface area contributed by atoms with Crippen molar-refractivity contribution in [2.45, 2.75) is 23.6 Å². The molecule has 0 atom stereocenters. The molecule has 0 spiro atoms. The fourth-order valence-electron chi connectivity index (χ4n) is 3.72. The quantitative estimate of drug-likeness (QED) is 0.171. The lowest BCUT2D eigenvalue weighted by Crippen LogP contribution is -2.38. The van der Waals surface area contributed by atoms with E-state index in [1.807, 2.05) is 0 Å². The molecule has 0 bridgehead atoms. The van der Waals surface area contributed by atoms with E-state index in [-0.39, 0.29) is 19.1 Å². The summed E-state index contributed by atoms with van der Waals surface area (Å²) in [5, 5.41) is 11.5. The second-order valence-corrected chi connectivity index (χ2v) is 12.3. The van der Waals surface area contributed by atoms with Crippen LogP contribution in [0.1, 0.15) is 27.0 Å². The highest BCUT2D eigenvalue weighted by Gasteiger charge is 2.39. The highest BCUT2D eigenvalue weighted by molar-refractivity contribution is 8.10. The van der Waals surface area contributed by atoms with E-state index in [2.05, 4.69) is 0 Å². The first kappa shape index (κ1) is 26.7. The summed E-state index contributed by atoms with van der Waals surface area (Å²) < 4.78 is 56.0. The zero-order chi connectivity index (χ0) is 27.7. The number of rotatable bonds is 8. The predicted octanol–water partition coefficient (Wildman–Crippen LogP) is 5.03. The average molecular weight is 551 g/mol. The average Bonchev–Trinajstić information content (AvgIpc) is 2.89. The Kier molecular flexibility index (Phi) is 7.16. The number of hydrogen-bond acceptors (Lipinski definition) is 7. The summed E-state index contributed by atoms with van der Waals surface area (Å²) >= 11 is 0. The van der Waals surface area contributed by atoms with Gasteiger partial charge in [0.05, 0.1) is 26.0 Å². The summed E-state index contributed by atoms with van der Waals surface area (Å²) in [6.45, 7) is 3.48. The number of sulfonamides is 2. The molecular formula is C27H22N2O7S2. The minimum Gasteiger partial charge on any atom is -0.289 e. The van der Waals surface area contributed by atoms with Crippen LogP contribution in [0.3, 0.4) is 0 Å². The SMILES string of the molecule is Cc1ccc(S(=O)(=O)N(c2ccc([N+](=O)[O-])cc2C(=O)c2ccccc2)S(=O)(=O)c2ccc(C)cc2)cc1. The zero-order valence-corrected chi connectivity index (χ0v) is 21.9. The van der Waals surface area contributed by atoms with Crippen molar-refractivity contribution in [2.75, 3.05) is 3.71 Å². The number of anilines is 1. The molecule has 0 N–H and O–H groups in total. The maximum Gasteiger partial charge on any atom is 0.277 e. The number of non-ortho nitro benzene ring substituents is 1. The summed E-state index contributed by atoms with van der Waals surface area (Å²) in [6, 6.07) is 21.5. The van der Waals surface area contributed by atoms with Gasteiger partial charge in [-0.25, -0.2) is 16.8 Å². The van der Waals surface area contributed by atoms with E-state index in [4.69, 9.17) is 0 Å². The summed E-state index contributed by atoms with van der Waals surface area (Å²) in [5.41, 5.74) is 0.0739. The van der Waals surface area contributed by atoms with E-state index in [0.717, 1.165) is 29.3 Å². The molecule has 0 fully saturated rings. The molecule has 0 heterocycles. The summed E-state index contributed by atoms with van der Waals surface area (Å²) in [7, 11) is -9.67. The number of hydrogen-bond donors (Lipinski definition) is 0. The number of carbonyl (C=O) groups excluding carboxylic acids is 1. The van der Waals surface area contributed by atoms with Gasteiger partial charge in [-0.15, -0.1) is 0 Å². The Labute approximate surface area is 220 Å². The number of benzene rings is 4. The Bertz CT molecular complexity index is 1660. The van der Waals surface area contributed by atoms with Crippen LogP contribution in [0.25, 0.3) is 0 Å². The molecule has 0 saturated carbocycles. The molecule has 0 saturated heterocycles. The van der Waals surface area contributed by atoms with E-state index in [9.17, 15) is 31.7 Å². The van der Waals surface area contributed by atoms with Crippen molar-refractivity contribution in [3.05, 3.63) is 129 Å². The molecule has 0 aliphatic rings. The molecule has 0 aliphatic carbocycles. The van der Waals surface area contributed by atoms with Gasteiger partial charge in [0.1, 0.15) is 0 Å². The summed E-state index contributed by atoms with van der Waals surface area (Å²) in [4.78, 5) is 23.6. The van der Waals surface area contributed by atoms with Crippen molar-refractivity contribution in [3.63, 3.8) is 0 Å². The van der Waals surface area contributed by atoms with Crippen LogP contribution in [0.5, 0.6) is 0 Å². The van der Waals surface area contributed by atoms with Crippen LogP contribution in [0.2, 0.25) is 0 Å². The molecule has 11 heteroatoms. The lowest BCUT2D eigenvalue weighted by molar-refractivity contribution is -0.384. The van der Waals surface area contributed by atoms with Crippen molar-refractivity contribution in [1.82, 2.24) is 0 Å². The van der Waals surface area contributed by atoms with Crippen LogP contribution < -0.4 is 3.71 Å². The van der Waals surface area contributed by atoms with Crippen LogP contribution in [0.15, 0.2) is 107 Å². The molecule has 9 nitrogen and oxygen atoms in total. The van der Waals surface area contributed by atoms with Crippen LogP contribution in [-0.2, 0) is 20.0 Å². The van der Waals surface area contributed by atoms with Crippen LogP contribution in [0.4, 0.5) is 11.4 Å². The second-order valence-electron chi connectivity index (χ2n) is 8.49. The predicted molar refractivity (Wildman–Crippen MR) is 142 cm³/mol. The molecular weight excluding hydrogens is 528 g/mol. The molecule has 38 heavy (non-hydrogen) atoms. The van der Waals surface area contributed by atoms with Crippen molar-refractivity contribution in [1.29, 1.82) is 0 Å². The van der Waals surface area contributed by atoms with Gasteiger partial charge in [-0.1, -0.05) is 65.7 Å². The lowest BCUT2D eigenvalue weighted by atomic mass is 10.0. The van der Waals surface area contributed by atoms with Gasteiger partial charge < -0.3 is 0 Å². The number of nitro benzene ring substituents is 1. The number of aryl methyl sites for hydroxylation is 2. The summed E-state index contributed by atoms with van der Waals surface area (Å²) in [6.07, 6.45) is 0. The van der Waals surface area contributed by atoms with E-state index < -0.39 is 47.7 Å². The third-order valence-electron chi connectivity index (χ3n) is 5.74. The Hall–Kier alpha value is -4.35. The topological polar surface area (TPSA) is 132 Å². The van der Waals surface area contributed by atoms with E-state index >= 15 is 0 Å². The second kappa shape index (κ2) is 10.2. The van der Waals surface area contributed by atoms with Crippen molar-refractivity contribution in [3.8, 4) is 0 Å². The monoisotopic (exact) mass is 550 g/mol. The Morgan fingerprint density at radius 1 is 0.711 bits per heavy atom. The first-order chi connectivity index (χ1) is 17.9. The molecule has 4 aromatic rings. The molecule has 194 valence electrons. The molecule has 0 amide bonds. The van der Waals surface area contributed by atoms with Gasteiger partial charge >= 0.3 is 0 Å². The van der Waals surface area contributed by atoms with Gasteiger partial charge in [-0.2, -0.15) is 3.71 Å². The minimum atomic E-state index is -4.83. The maximum atomic E-state index is 14.0. The number of nitro groups is 1. The van der Waals surface area contributed by atoms with Gasteiger partial charge in [-0.3, -0.25) is 14.9 Å². The highest BCUT2D eigenvalue weighted by atomic mass is 32.3. The standard InChI is InChI=1S/C27H22N2O7S2/c1-19-8-13-23(14-9-19)37(33,34)29(38(35,36)24-15-10-20(2)11-16-24)26-17-12-22(28(31)32)18-25(26)27(30)21-6-4-3-5-7-21/h3-18H,1-2H3. The normalized spacial score (nSPS) is 11.6. The van der Waals surface area contributed by atoms with Crippen molar-refractivity contribution >= 4 is 37.2 Å². The summed E-state index contributed by atoms with van der Waals surface area (Å²) in [5.74, 6) is -0.785. The van der Waals surface area contributed by atoms with Gasteiger partial charge in [0, 0.05) is 17.7 Å². The molecule has 0 aliphatic heterocycles. The smallest absolute Gasteiger partial charge is 0.277 e. The van der Waals surface area contributed by atoms with Crippen LogP contribution >= 0.6 is 0 Å². The number of ketones is 1. The highest BCUT2D eigenvalue weighted by Crippen LogP contribution is 2.36. The first-order valence-corrected chi connectivity index (χ1v) is 14.1. The van der Waals surface area contributed by atoms with Crippen LogP contribution in [0, 0.1) is 24.0 Å². The largest absolute Gasteiger partial charge is 0.289 e. The molecule has 4 rings (SSSR count). The third kappa shape index (κ3) is 5.06. The zero-order valence-electron chi connectivity index (χ0n) is 20.3. The third-order valence-corrected chi connectivity index (χ3v) is 9.92. The van der Waals surface area contributed by atoms with Crippen molar-refractivity contribution in [2.24, 2.45) is 0 Å². The lowest BCUT2D eigenvalue weighted by Gasteiger charge is -2.26. The van der Waals surface area contributed by atoms with E-state index in [1.54, 1.807) is 32.0 Å². The fourth-order valence-corrected chi connectivity index (χ4v) is 7.45. The Balaban J connectivity index is 2.06. The Morgan fingerprint density at radius 2 is 1.18 bits per heavy atom. The molecule has 0 aromatic heterocycles. The first-order valence-electron chi connectivity index (χ1n) is 11.2. The molecule has 4 aromatic carbocycles. The van der Waals surface area contributed by atoms with Gasteiger partial charge in [0.25, 0.3) is 25.7 Å². The number of nitrogens with zero attached hydrogens (tertiary/aromatic N) is 2. The maximum absolute atomic E-state index is 14.0. The van der Waals surface area contributed by atoms with E-state index in [0.29, 0.717) is 0 Å². The Morgan fingerprint density at radius 3 is 1.63 bits per heavy atom. The fraction of sp³-hybridized carbons (Fsp3) is 0.0741. The molecule has 0 unspecified atom stereocenters.